The van der Waals surface area contributed by atoms with Gasteiger partial charge in [0.2, 0.25) is 10.0 Å². The number of nitrogens with one attached hydrogen (secondary N) is 2. The molecule has 0 bridgehead atoms. The number of rotatable bonds is 6. The van der Waals surface area contributed by atoms with Crippen molar-refractivity contribution in [3.05, 3.63) is 18.0 Å². The molecule has 1 fully saturated rings. The quantitative estimate of drug-likeness (QED) is 0.839. The van der Waals surface area contributed by atoms with Crippen LogP contribution in [0.25, 0.3) is 0 Å². The highest BCUT2D eigenvalue weighted by molar-refractivity contribution is 7.89. The second-order valence-electron chi connectivity index (χ2n) is 5.38. The maximum absolute atomic E-state index is 12.3. The molecule has 0 spiro atoms. The van der Waals surface area contributed by atoms with Crippen molar-refractivity contribution in [2.75, 3.05) is 13.1 Å². The average molecular weight is 313 g/mol. The molecular weight excluding hydrogens is 290 g/mol. The molecule has 0 aliphatic carbocycles. The average Bonchev–Trinajstić information content (AvgIpc) is 3.14. The number of likely N-dealkylation sites (tertiary alicyclic amines) is 1. The van der Waals surface area contributed by atoms with Crippen molar-refractivity contribution in [1.82, 2.24) is 14.6 Å². The number of carbonyl (C=O) groups excluding carboxylic acids is 1. The first-order valence-electron chi connectivity index (χ1n) is 7.48. The van der Waals surface area contributed by atoms with Crippen LogP contribution in [-0.4, -0.2) is 43.3 Å². The predicted molar refractivity (Wildman–Crippen MR) is 80.6 cm³/mol. The number of carbonyl (C=O) groups is 1. The molecule has 0 aromatic carbocycles. The molecule has 0 atom stereocenters. The van der Waals surface area contributed by atoms with E-state index in [0.29, 0.717) is 5.69 Å². The van der Waals surface area contributed by atoms with Crippen LogP contribution in [0.4, 0.5) is 0 Å². The Labute approximate surface area is 126 Å². The summed E-state index contributed by atoms with van der Waals surface area (Å²) in [4.78, 5) is 16.9. The van der Waals surface area contributed by atoms with E-state index in [0.717, 1.165) is 38.8 Å². The number of H-pyrrole nitrogens is 1. The third kappa shape index (κ3) is 3.65. The van der Waals surface area contributed by atoms with E-state index < -0.39 is 10.0 Å². The van der Waals surface area contributed by atoms with Crippen molar-refractivity contribution in [3.8, 4) is 0 Å². The van der Waals surface area contributed by atoms with Gasteiger partial charge < -0.3 is 9.88 Å². The maximum Gasteiger partial charge on any atom is 0.270 e. The van der Waals surface area contributed by atoms with Crippen LogP contribution < -0.4 is 4.72 Å². The first-order valence-corrected chi connectivity index (χ1v) is 8.96. The lowest BCUT2D eigenvalue weighted by molar-refractivity contribution is 0.0787. The van der Waals surface area contributed by atoms with Crippen molar-refractivity contribution in [1.29, 1.82) is 0 Å². The summed E-state index contributed by atoms with van der Waals surface area (Å²) in [5.41, 5.74) is 0.335. The molecule has 0 saturated carbocycles. The highest BCUT2D eigenvalue weighted by Gasteiger charge is 2.24. The van der Waals surface area contributed by atoms with Gasteiger partial charge in [-0.1, -0.05) is 13.8 Å². The van der Waals surface area contributed by atoms with Gasteiger partial charge in [0.25, 0.3) is 5.91 Å². The van der Waals surface area contributed by atoms with Crippen LogP contribution in [-0.2, 0) is 10.0 Å². The van der Waals surface area contributed by atoms with E-state index in [1.54, 1.807) is 4.90 Å². The van der Waals surface area contributed by atoms with Gasteiger partial charge in [-0.2, -0.15) is 0 Å². The Morgan fingerprint density at radius 3 is 2.52 bits per heavy atom. The SMILES string of the molecule is CCC(CC)NS(=O)(=O)c1c[nH]c(C(=O)N2CCCC2)c1. The summed E-state index contributed by atoms with van der Waals surface area (Å²) < 4.78 is 27.2. The van der Waals surface area contributed by atoms with Crippen LogP contribution in [0.5, 0.6) is 0 Å². The summed E-state index contributed by atoms with van der Waals surface area (Å²) in [6.45, 7) is 5.37. The molecule has 1 amide bonds. The van der Waals surface area contributed by atoms with E-state index in [9.17, 15) is 13.2 Å². The van der Waals surface area contributed by atoms with E-state index >= 15 is 0 Å². The summed E-state index contributed by atoms with van der Waals surface area (Å²) in [6, 6.07) is 1.34. The molecule has 21 heavy (non-hydrogen) atoms. The molecule has 1 aliphatic rings. The van der Waals surface area contributed by atoms with Crippen LogP contribution in [0.1, 0.15) is 50.0 Å². The van der Waals surface area contributed by atoms with Gasteiger partial charge in [0, 0.05) is 25.3 Å². The number of amides is 1. The zero-order chi connectivity index (χ0) is 15.5. The van der Waals surface area contributed by atoms with Crippen LogP contribution in [0.15, 0.2) is 17.2 Å². The number of sulfonamides is 1. The fraction of sp³-hybridized carbons (Fsp3) is 0.643. The first kappa shape index (κ1) is 16.0. The molecule has 118 valence electrons. The fourth-order valence-electron chi connectivity index (χ4n) is 2.49. The van der Waals surface area contributed by atoms with Gasteiger partial charge >= 0.3 is 0 Å². The third-order valence-electron chi connectivity index (χ3n) is 3.90. The molecule has 1 aliphatic heterocycles. The van der Waals surface area contributed by atoms with E-state index in [1.165, 1.54) is 12.3 Å². The molecule has 1 aromatic rings. The molecule has 1 saturated heterocycles. The lowest BCUT2D eigenvalue weighted by Crippen LogP contribution is -2.33. The highest BCUT2D eigenvalue weighted by atomic mass is 32.2. The van der Waals surface area contributed by atoms with Crippen molar-refractivity contribution in [3.63, 3.8) is 0 Å². The Morgan fingerprint density at radius 1 is 1.33 bits per heavy atom. The minimum atomic E-state index is -3.57. The molecule has 1 aromatic heterocycles. The fourth-order valence-corrected chi connectivity index (χ4v) is 3.88. The first-order chi connectivity index (χ1) is 9.97. The second kappa shape index (κ2) is 6.62. The molecule has 0 unspecified atom stereocenters. The van der Waals surface area contributed by atoms with Crippen molar-refractivity contribution in [2.24, 2.45) is 0 Å². The zero-order valence-corrected chi connectivity index (χ0v) is 13.4. The lowest BCUT2D eigenvalue weighted by Gasteiger charge is -2.14. The van der Waals surface area contributed by atoms with E-state index in [1.807, 2.05) is 13.8 Å². The Morgan fingerprint density at radius 2 is 1.95 bits per heavy atom. The van der Waals surface area contributed by atoms with Crippen molar-refractivity contribution in [2.45, 2.75) is 50.5 Å². The minimum Gasteiger partial charge on any atom is -0.356 e. The lowest BCUT2D eigenvalue weighted by atomic mass is 10.2. The van der Waals surface area contributed by atoms with E-state index in [-0.39, 0.29) is 16.8 Å². The van der Waals surface area contributed by atoms with Gasteiger partial charge in [-0.05, 0) is 31.7 Å². The molecular formula is C14H23N3O3S. The Balaban J connectivity index is 2.13. The Hall–Kier alpha value is -1.34. The number of hydrogen-bond donors (Lipinski definition) is 2. The van der Waals surface area contributed by atoms with Crippen LogP contribution in [0.3, 0.4) is 0 Å². The molecule has 0 radical (unpaired) electrons. The Kier molecular flexibility index (Phi) is 5.05. The topological polar surface area (TPSA) is 82.3 Å². The smallest absolute Gasteiger partial charge is 0.270 e. The molecule has 6 nitrogen and oxygen atoms in total. The summed E-state index contributed by atoms with van der Waals surface area (Å²) >= 11 is 0. The largest absolute Gasteiger partial charge is 0.356 e. The number of aromatic amines is 1. The number of nitrogens with zero attached hydrogens (tertiary/aromatic N) is 1. The van der Waals surface area contributed by atoms with Crippen LogP contribution in [0.2, 0.25) is 0 Å². The van der Waals surface area contributed by atoms with Gasteiger partial charge in [-0.15, -0.1) is 0 Å². The molecule has 2 heterocycles. The van der Waals surface area contributed by atoms with Gasteiger partial charge in [0.05, 0.1) is 0 Å². The van der Waals surface area contributed by atoms with Crippen LogP contribution >= 0.6 is 0 Å². The standard InChI is InChI=1S/C14H23N3O3S/c1-3-11(4-2)16-21(19,20)12-9-13(15-10-12)14(18)17-7-5-6-8-17/h9-11,15-16H,3-8H2,1-2H3. The monoisotopic (exact) mass is 313 g/mol. The van der Waals surface area contributed by atoms with Gasteiger partial charge in [-0.25, -0.2) is 13.1 Å². The van der Waals surface area contributed by atoms with Gasteiger partial charge in [-0.3, -0.25) is 4.79 Å². The molecule has 2 rings (SSSR count). The number of aromatic nitrogens is 1. The summed E-state index contributed by atoms with van der Waals surface area (Å²) in [7, 11) is -3.57. The summed E-state index contributed by atoms with van der Waals surface area (Å²) in [6.07, 6.45) is 4.87. The Bertz CT molecular complexity index is 584. The van der Waals surface area contributed by atoms with E-state index in [2.05, 4.69) is 9.71 Å². The molecule has 7 heteroatoms. The second-order valence-corrected chi connectivity index (χ2v) is 7.10. The third-order valence-corrected chi connectivity index (χ3v) is 5.40. The van der Waals surface area contributed by atoms with Gasteiger partial charge in [0.1, 0.15) is 10.6 Å². The highest BCUT2D eigenvalue weighted by Crippen LogP contribution is 2.16. The summed E-state index contributed by atoms with van der Waals surface area (Å²) in [5.74, 6) is -0.128. The van der Waals surface area contributed by atoms with Crippen molar-refractivity contribution >= 4 is 15.9 Å². The van der Waals surface area contributed by atoms with Crippen LogP contribution in [0, 0.1) is 0 Å². The normalized spacial score (nSPS) is 15.9. The van der Waals surface area contributed by atoms with Gasteiger partial charge in [0.15, 0.2) is 0 Å². The predicted octanol–water partition coefficient (Wildman–Crippen LogP) is 1.72. The summed E-state index contributed by atoms with van der Waals surface area (Å²) in [5, 5.41) is 0. The zero-order valence-electron chi connectivity index (χ0n) is 12.6. The maximum atomic E-state index is 12.3. The van der Waals surface area contributed by atoms with Crippen molar-refractivity contribution < 1.29 is 13.2 Å². The minimum absolute atomic E-state index is 0.0809. The number of hydrogen-bond acceptors (Lipinski definition) is 3. The molecule has 2 N–H and O–H groups in total. The van der Waals surface area contributed by atoms with E-state index in [4.69, 9.17) is 0 Å².